The molecule has 0 aliphatic rings. The van der Waals surface area contributed by atoms with Gasteiger partial charge in [-0.3, -0.25) is 24.3 Å². The van der Waals surface area contributed by atoms with Gasteiger partial charge < -0.3 is 20.7 Å². The molecule has 2 aromatic heterocycles. The van der Waals surface area contributed by atoms with Gasteiger partial charge in [-0.25, -0.2) is 4.79 Å². The molecule has 5 rings (SSSR count). The summed E-state index contributed by atoms with van der Waals surface area (Å²) >= 11 is 6.12. The number of anilines is 2. The van der Waals surface area contributed by atoms with Crippen LogP contribution in [0.25, 0.3) is 16.9 Å². The molecule has 0 aliphatic heterocycles. The maximum atomic E-state index is 13.5. The van der Waals surface area contributed by atoms with Crippen molar-refractivity contribution >= 4 is 46.8 Å². The molecule has 0 bridgehead atoms. The summed E-state index contributed by atoms with van der Waals surface area (Å²) in [5, 5.41) is 21.8. The second kappa shape index (κ2) is 14.1. The number of benzene rings is 3. The van der Waals surface area contributed by atoms with Crippen LogP contribution in [0.15, 0.2) is 90.0 Å². The highest BCUT2D eigenvalue weighted by molar-refractivity contribution is 6.40. The first-order valence-electron chi connectivity index (χ1n) is 14.5. The van der Waals surface area contributed by atoms with Gasteiger partial charge in [-0.05, 0) is 72.7 Å². The summed E-state index contributed by atoms with van der Waals surface area (Å²) in [6.07, 6.45) is 0.546. The summed E-state index contributed by atoms with van der Waals surface area (Å²) in [6.45, 7) is 5.06. The number of rotatable bonds is 8. The molecule has 1 atom stereocenters. The van der Waals surface area contributed by atoms with Gasteiger partial charge in [0.1, 0.15) is 18.0 Å². The SMILES string of the molecule is CC(C)(C)OC(=O)n1[nH]c(-c2ccc(NC(=O)[C@H](Cc3ccccc3)NC(=O)C(=O)Nc3cc(Cl)ccc3-n3cnnn3)cc2)cc1=O. The van der Waals surface area contributed by atoms with Crippen LogP contribution in [0.2, 0.25) is 5.02 Å². The molecule has 0 saturated carbocycles. The van der Waals surface area contributed by atoms with E-state index >= 15 is 0 Å². The molecule has 0 radical (unpaired) electrons. The quantitative estimate of drug-likeness (QED) is 0.178. The molecule has 3 amide bonds. The number of amides is 3. The molecule has 0 saturated heterocycles. The van der Waals surface area contributed by atoms with Crippen molar-refractivity contribution in [2.75, 3.05) is 10.6 Å². The number of nitrogens with one attached hydrogen (secondary N) is 4. The van der Waals surface area contributed by atoms with E-state index in [1.54, 1.807) is 81.4 Å². The fourth-order valence-corrected chi connectivity index (χ4v) is 4.66. The monoisotopic (exact) mass is 671 g/mol. The van der Waals surface area contributed by atoms with Gasteiger partial charge in [0.2, 0.25) is 5.91 Å². The second-order valence-corrected chi connectivity index (χ2v) is 11.9. The number of aromatic amines is 1. The molecule has 5 aromatic rings. The van der Waals surface area contributed by atoms with E-state index in [0.29, 0.717) is 27.7 Å². The van der Waals surface area contributed by atoms with Crippen LogP contribution in [-0.4, -0.2) is 65.4 Å². The molecule has 4 N–H and O–H groups in total. The van der Waals surface area contributed by atoms with Crippen LogP contribution in [-0.2, 0) is 25.5 Å². The van der Waals surface area contributed by atoms with Gasteiger partial charge in [0.15, 0.2) is 0 Å². The van der Waals surface area contributed by atoms with Crippen molar-refractivity contribution in [1.29, 1.82) is 0 Å². The third kappa shape index (κ3) is 8.38. The molecule has 0 fully saturated rings. The van der Waals surface area contributed by atoms with Crippen molar-refractivity contribution in [2.45, 2.75) is 38.8 Å². The maximum Gasteiger partial charge on any atom is 0.436 e. The lowest BCUT2D eigenvalue weighted by atomic mass is 10.0. The van der Waals surface area contributed by atoms with Gasteiger partial charge in [-0.2, -0.15) is 9.36 Å². The summed E-state index contributed by atoms with van der Waals surface area (Å²) in [7, 11) is 0. The highest BCUT2D eigenvalue weighted by Gasteiger charge is 2.26. The molecule has 15 nitrogen and oxygen atoms in total. The van der Waals surface area contributed by atoms with Crippen LogP contribution in [0.5, 0.6) is 0 Å². The lowest BCUT2D eigenvalue weighted by molar-refractivity contribution is -0.137. The van der Waals surface area contributed by atoms with E-state index in [0.717, 1.165) is 10.2 Å². The number of halogens is 1. The minimum absolute atomic E-state index is 0.0796. The highest BCUT2D eigenvalue weighted by Crippen LogP contribution is 2.24. The zero-order valence-corrected chi connectivity index (χ0v) is 26.7. The molecule has 48 heavy (non-hydrogen) atoms. The third-order valence-corrected chi connectivity index (χ3v) is 6.91. The fraction of sp³-hybridized carbons (Fsp3) is 0.188. The van der Waals surface area contributed by atoms with Crippen LogP contribution >= 0.6 is 11.6 Å². The summed E-state index contributed by atoms with van der Waals surface area (Å²) in [4.78, 5) is 64.4. The number of carbonyl (C=O) groups excluding carboxylic acids is 4. The first-order chi connectivity index (χ1) is 22.9. The minimum Gasteiger partial charge on any atom is -0.442 e. The number of carbonyl (C=O) groups is 4. The van der Waals surface area contributed by atoms with Crippen molar-refractivity contribution in [1.82, 2.24) is 35.3 Å². The number of tetrazole rings is 1. The highest BCUT2D eigenvalue weighted by atomic mass is 35.5. The summed E-state index contributed by atoms with van der Waals surface area (Å²) in [5.74, 6) is -2.70. The Bertz CT molecular complexity index is 2000. The predicted molar refractivity (Wildman–Crippen MR) is 176 cm³/mol. The second-order valence-electron chi connectivity index (χ2n) is 11.5. The van der Waals surface area contributed by atoms with Gasteiger partial charge in [0.05, 0.1) is 17.1 Å². The van der Waals surface area contributed by atoms with Gasteiger partial charge in [0.25, 0.3) is 5.56 Å². The minimum atomic E-state index is -1.15. The van der Waals surface area contributed by atoms with Gasteiger partial charge in [-0.1, -0.05) is 54.1 Å². The summed E-state index contributed by atoms with van der Waals surface area (Å²) < 4.78 is 7.31. The normalized spacial score (nSPS) is 11.8. The number of H-pyrrole nitrogens is 1. The van der Waals surface area contributed by atoms with E-state index < -0.39 is 41.0 Å². The van der Waals surface area contributed by atoms with Crippen LogP contribution in [0, 0.1) is 0 Å². The smallest absolute Gasteiger partial charge is 0.436 e. The Hall–Kier alpha value is -6.09. The van der Waals surface area contributed by atoms with Crippen molar-refractivity contribution in [3.05, 3.63) is 106 Å². The first kappa shape index (κ1) is 33.3. The molecular formula is C32H30ClN9O6. The topological polar surface area (TPSA) is 195 Å². The number of nitrogens with zero attached hydrogens (tertiary/aromatic N) is 5. The van der Waals surface area contributed by atoms with Crippen molar-refractivity contribution in [3.8, 4) is 16.9 Å². The molecular weight excluding hydrogens is 642 g/mol. The Balaban J connectivity index is 1.30. The first-order valence-corrected chi connectivity index (χ1v) is 14.9. The fourth-order valence-electron chi connectivity index (χ4n) is 4.49. The van der Waals surface area contributed by atoms with E-state index in [1.807, 2.05) is 6.07 Å². The Morgan fingerprint density at radius 3 is 2.33 bits per heavy atom. The summed E-state index contributed by atoms with van der Waals surface area (Å²) in [6, 6.07) is 20.1. The zero-order valence-electron chi connectivity index (χ0n) is 25.9. The predicted octanol–water partition coefficient (Wildman–Crippen LogP) is 3.56. The average Bonchev–Trinajstić information content (AvgIpc) is 3.71. The van der Waals surface area contributed by atoms with Crippen molar-refractivity contribution < 1.29 is 23.9 Å². The zero-order chi connectivity index (χ0) is 34.4. The van der Waals surface area contributed by atoms with Crippen LogP contribution < -0.4 is 21.5 Å². The lowest BCUT2D eigenvalue weighted by Crippen LogP contribution is -2.49. The Morgan fingerprint density at radius 2 is 1.67 bits per heavy atom. The molecule has 0 unspecified atom stereocenters. The molecule has 2 heterocycles. The number of aromatic nitrogens is 6. The standard InChI is InChI=1S/C32H30ClN9O6/c1-32(2,3)48-31(47)42-27(43)17-23(38-42)20-9-12-22(13-10-20)35-28(44)25(15-19-7-5-4-6-8-19)37-30(46)29(45)36-24-16-21(33)11-14-26(24)41-18-34-39-40-41/h4-14,16-18,25,38H,15H2,1-3H3,(H,35,44)(H,36,45)(H,37,46)/t25-/m0/s1. The van der Waals surface area contributed by atoms with Crippen LogP contribution in [0.1, 0.15) is 26.3 Å². The molecule has 0 aliphatic carbocycles. The molecule has 0 spiro atoms. The van der Waals surface area contributed by atoms with Crippen molar-refractivity contribution in [2.24, 2.45) is 0 Å². The van der Waals surface area contributed by atoms with Gasteiger partial charge >= 0.3 is 17.9 Å². The number of hydrogen-bond donors (Lipinski definition) is 4. The Kier molecular flexibility index (Phi) is 9.80. The molecule has 246 valence electrons. The van der Waals surface area contributed by atoms with Gasteiger partial charge in [0, 0.05) is 23.2 Å². The van der Waals surface area contributed by atoms with Gasteiger partial charge in [-0.15, -0.1) is 5.10 Å². The van der Waals surface area contributed by atoms with Crippen molar-refractivity contribution in [3.63, 3.8) is 0 Å². The van der Waals surface area contributed by atoms with E-state index in [1.165, 1.54) is 23.1 Å². The molecule has 3 aromatic carbocycles. The number of ether oxygens (including phenoxy) is 1. The maximum absolute atomic E-state index is 13.5. The Labute approximate surface area is 278 Å². The Morgan fingerprint density at radius 1 is 0.938 bits per heavy atom. The largest absolute Gasteiger partial charge is 0.442 e. The van der Waals surface area contributed by atoms with Crippen LogP contribution in [0.3, 0.4) is 0 Å². The lowest BCUT2D eigenvalue weighted by Gasteiger charge is -2.19. The van der Waals surface area contributed by atoms with E-state index in [9.17, 15) is 24.0 Å². The average molecular weight is 672 g/mol. The summed E-state index contributed by atoms with van der Waals surface area (Å²) in [5.41, 5.74) is 1.16. The van der Waals surface area contributed by atoms with Crippen LogP contribution in [0.4, 0.5) is 16.2 Å². The van der Waals surface area contributed by atoms with E-state index in [4.69, 9.17) is 16.3 Å². The van der Waals surface area contributed by atoms with E-state index in [-0.39, 0.29) is 12.1 Å². The molecule has 16 heteroatoms. The van der Waals surface area contributed by atoms with E-state index in [2.05, 4.69) is 36.6 Å². The third-order valence-electron chi connectivity index (χ3n) is 6.67. The number of hydrogen-bond acceptors (Lipinski definition) is 9.